The Morgan fingerprint density at radius 1 is 1.19 bits per heavy atom. The standard InChI is InChI=1S/C29H30N4O9/c1-31(2)22-17-10-13-9-16-19(24(35)18(13)26(37)29(17,40)27(38)20(25(22)36)28(30)39)23(34)15-8-12(11-32-6-3-7-32)4-5-14(15)21(16)33(41)42/h4-5,8,13,17,22,34,36-37,40H,3,6-7,9-11H2,1-2H3,(H2,30,39)/t13-,17-,22-,29-/m0/s1. The van der Waals surface area contributed by atoms with Crippen molar-refractivity contribution in [3.63, 3.8) is 0 Å². The summed E-state index contributed by atoms with van der Waals surface area (Å²) >= 11 is 0. The molecule has 3 aliphatic carbocycles. The quantitative estimate of drug-likeness (QED) is 0.194. The summed E-state index contributed by atoms with van der Waals surface area (Å²) in [5.74, 6) is -7.95. The number of likely N-dealkylation sites (tertiary alicyclic amines) is 1. The van der Waals surface area contributed by atoms with E-state index in [1.54, 1.807) is 18.2 Å². The SMILES string of the molecule is CN(C)[C@@H]1C(O)=C(C(N)=O)C(=O)[C@@]2(O)C(O)=C3C(=O)c4c(c([N+](=O)[O-])c5ccc(CN6CCC6)cc5c4O)C[C@H]3C[C@@H]12. The van der Waals surface area contributed by atoms with Gasteiger partial charge in [0.2, 0.25) is 5.78 Å². The molecular weight excluding hydrogens is 548 g/mol. The predicted molar refractivity (Wildman–Crippen MR) is 148 cm³/mol. The number of amides is 1. The maximum atomic E-state index is 14.0. The normalized spacial score (nSPS) is 27.6. The van der Waals surface area contributed by atoms with Crippen molar-refractivity contribution >= 4 is 33.9 Å². The number of allylic oxidation sites excluding steroid dienone is 1. The third kappa shape index (κ3) is 3.63. The number of hydrogen-bond donors (Lipinski definition) is 5. The van der Waals surface area contributed by atoms with Crippen molar-refractivity contribution in [1.82, 2.24) is 9.80 Å². The number of fused-ring (bicyclic) bond motifs is 4. The number of aliphatic hydroxyl groups is 3. The van der Waals surface area contributed by atoms with E-state index in [9.17, 15) is 44.9 Å². The van der Waals surface area contributed by atoms with Crippen LogP contribution in [-0.2, 0) is 22.6 Å². The fourth-order valence-electron chi connectivity index (χ4n) is 7.25. The van der Waals surface area contributed by atoms with E-state index in [0.29, 0.717) is 6.54 Å². The fourth-order valence-corrected chi connectivity index (χ4v) is 7.25. The molecule has 220 valence electrons. The molecule has 1 fully saturated rings. The number of likely N-dealkylation sites (N-methyl/N-ethyl adjacent to an activating group) is 1. The molecule has 1 amide bonds. The Bertz CT molecular complexity index is 1690. The van der Waals surface area contributed by atoms with Gasteiger partial charge in [-0.15, -0.1) is 0 Å². The van der Waals surface area contributed by atoms with E-state index in [2.05, 4.69) is 4.90 Å². The van der Waals surface area contributed by atoms with Gasteiger partial charge in [-0.1, -0.05) is 6.07 Å². The number of Topliss-reactive ketones (excluding diaryl/α,β-unsaturated/α-hetero) is 2. The summed E-state index contributed by atoms with van der Waals surface area (Å²) in [6.45, 7) is 2.38. The second-order valence-corrected chi connectivity index (χ2v) is 11.8. The number of ketones is 2. The molecule has 0 radical (unpaired) electrons. The van der Waals surface area contributed by atoms with Crippen molar-refractivity contribution in [3.8, 4) is 5.75 Å². The lowest BCUT2D eigenvalue weighted by atomic mass is 9.58. The minimum atomic E-state index is -2.78. The van der Waals surface area contributed by atoms with Gasteiger partial charge in [-0.3, -0.25) is 34.3 Å². The molecule has 13 heteroatoms. The molecule has 6 rings (SSSR count). The number of phenolic OH excluding ortho intramolecular Hbond substituents is 1. The van der Waals surface area contributed by atoms with Crippen molar-refractivity contribution in [2.75, 3.05) is 27.2 Å². The van der Waals surface area contributed by atoms with E-state index in [0.717, 1.165) is 25.1 Å². The van der Waals surface area contributed by atoms with E-state index < -0.39 is 68.7 Å². The largest absolute Gasteiger partial charge is 0.510 e. The minimum absolute atomic E-state index is 0.0152. The molecule has 2 aromatic carbocycles. The first-order chi connectivity index (χ1) is 19.8. The number of benzene rings is 2. The van der Waals surface area contributed by atoms with Gasteiger partial charge in [-0.25, -0.2) is 0 Å². The first kappa shape index (κ1) is 27.8. The highest BCUT2D eigenvalue weighted by Gasteiger charge is 2.63. The Morgan fingerprint density at radius 2 is 1.88 bits per heavy atom. The van der Waals surface area contributed by atoms with Gasteiger partial charge >= 0.3 is 0 Å². The van der Waals surface area contributed by atoms with Crippen molar-refractivity contribution in [3.05, 3.63) is 67.7 Å². The third-order valence-electron chi connectivity index (χ3n) is 9.27. The van der Waals surface area contributed by atoms with Gasteiger partial charge in [-0.2, -0.15) is 0 Å². The highest BCUT2D eigenvalue weighted by molar-refractivity contribution is 6.25. The van der Waals surface area contributed by atoms with E-state index in [1.165, 1.54) is 19.0 Å². The molecule has 42 heavy (non-hydrogen) atoms. The highest BCUT2D eigenvalue weighted by atomic mass is 16.6. The first-order valence-electron chi connectivity index (χ1n) is 13.6. The Kier molecular flexibility index (Phi) is 6.19. The van der Waals surface area contributed by atoms with Gasteiger partial charge in [0.05, 0.1) is 21.9 Å². The van der Waals surface area contributed by atoms with Crippen molar-refractivity contribution in [2.24, 2.45) is 17.6 Å². The van der Waals surface area contributed by atoms with Crippen LogP contribution in [0.2, 0.25) is 0 Å². The number of phenols is 1. The van der Waals surface area contributed by atoms with Crippen LogP contribution in [0, 0.1) is 22.0 Å². The third-order valence-corrected chi connectivity index (χ3v) is 9.27. The number of rotatable bonds is 5. The number of nitro groups is 1. The van der Waals surface area contributed by atoms with Crippen molar-refractivity contribution < 1.29 is 39.7 Å². The van der Waals surface area contributed by atoms with Crippen LogP contribution in [0.1, 0.15) is 34.3 Å². The van der Waals surface area contributed by atoms with Crippen molar-refractivity contribution in [1.29, 1.82) is 0 Å². The molecule has 1 heterocycles. The summed E-state index contributed by atoms with van der Waals surface area (Å²) in [6.07, 6.45) is 0.744. The van der Waals surface area contributed by atoms with E-state index in [4.69, 9.17) is 5.73 Å². The fraction of sp³-hybridized carbons (Fsp3) is 0.414. The molecule has 2 aromatic rings. The molecule has 1 aliphatic heterocycles. The van der Waals surface area contributed by atoms with E-state index >= 15 is 0 Å². The summed E-state index contributed by atoms with van der Waals surface area (Å²) < 4.78 is 0. The Labute approximate surface area is 239 Å². The number of hydrogen-bond acceptors (Lipinski definition) is 11. The van der Waals surface area contributed by atoms with Crippen LogP contribution < -0.4 is 5.73 Å². The van der Waals surface area contributed by atoms with Crippen LogP contribution in [0.25, 0.3) is 10.8 Å². The lowest BCUT2D eigenvalue weighted by Gasteiger charge is -2.50. The smallest absolute Gasteiger partial charge is 0.281 e. The minimum Gasteiger partial charge on any atom is -0.510 e. The number of aromatic hydroxyl groups is 1. The maximum Gasteiger partial charge on any atom is 0.281 e. The Morgan fingerprint density at radius 3 is 2.45 bits per heavy atom. The molecule has 4 aliphatic rings. The summed E-state index contributed by atoms with van der Waals surface area (Å²) in [6, 6.07) is 3.77. The summed E-state index contributed by atoms with van der Waals surface area (Å²) in [4.78, 5) is 55.1. The van der Waals surface area contributed by atoms with Crippen LogP contribution in [0.3, 0.4) is 0 Å². The summed E-state index contributed by atoms with van der Waals surface area (Å²) in [7, 11) is 3.05. The van der Waals surface area contributed by atoms with E-state index in [-0.39, 0.29) is 46.0 Å². The molecule has 0 bridgehead atoms. The van der Waals surface area contributed by atoms with Gasteiger partial charge in [0.25, 0.3) is 11.6 Å². The molecule has 0 unspecified atom stereocenters. The number of nitro benzene ring substituents is 1. The van der Waals surface area contributed by atoms with Gasteiger partial charge in [0.1, 0.15) is 22.8 Å². The van der Waals surface area contributed by atoms with Crippen LogP contribution in [0.15, 0.2) is 40.9 Å². The maximum absolute atomic E-state index is 14.0. The molecule has 4 atom stereocenters. The zero-order chi connectivity index (χ0) is 30.4. The Balaban J connectivity index is 1.56. The number of carbonyl (C=O) groups is 3. The zero-order valence-corrected chi connectivity index (χ0v) is 23.0. The molecular formula is C29H30N4O9. The second-order valence-electron chi connectivity index (χ2n) is 11.8. The molecule has 1 saturated heterocycles. The van der Waals surface area contributed by atoms with Crippen LogP contribution >= 0.6 is 0 Å². The van der Waals surface area contributed by atoms with Gasteiger partial charge < -0.3 is 26.2 Å². The number of nitrogens with two attached hydrogens (primary N) is 1. The number of carbonyl (C=O) groups excluding carboxylic acids is 3. The second kappa shape index (κ2) is 9.34. The topological polar surface area (TPSA) is 208 Å². The lowest BCUT2D eigenvalue weighted by molar-refractivity contribution is -0.383. The molecule has 0 saturated carbocycles. The van der Waals surface area contributed by atoms with Gasteiger partial charge in [0, 0.05) is 29.0 Å². The monoisotopic (exact) mass is 578 g/mol. The summed E-state index contributed by atoms with van der Waals surface area (Å²) in [5.41, 5.74) is 1.36. The van der Waals surface area contributed by atoms with Crippen molar-refractivity contribution in [2.45, 2.75) is 37.5 Å². The van der Waals surface area contributed by atoms with Crippen LogP contribution in [-0.4, -0.2) is 91.5 Å². The predicted octanol–water partition coefficient (Wildman–Crippen LogP) is 1.39. The van der Waals surface area contributed by atoms with Gasteiger partial charge in [0.15, 0.2) is 11.4 Å². The average molecular weight is 579 g/mol. The zero-order valence-electron chi connectivity index (χ0n) is 23.0. The number of primary amides is 1. The summed E-state index contributed by atoms with van der Waals surface area (Å²) in [5, 5.41) is 58.2. The Hall–Kier alpha value is -4.33. The lowest BCUT2D eigenvalue weighted by Crippen LogP contribution is -2.63. The molecule has 13 nitrogen and oxygen atoms in total. The number of aliphatic hydroxyl groups excluding tert-OH is 2. The highest BCUT2D eigenvalue weighted by Crippen LogP contribution is 2.54. The average Bonchev–Trinajstić information content (AvgIpc) is 2.88. The van der Waals surface area contributed by atoms with E-state index in [1.807, 2.05) is 0 Å². The van der Waals surface area contributed by atoms with Gasteiger partial charge in [-0.05, 0) is 70.1 Å². The molecule has 6 N–H and O–H groups in total. The number of nitrogens with zero attached hydrogens (tertiary/aromatic N) is 3. The first-order valence-corrected chi connectivity index (χ1v) is 13.6. The molecule has 0 spiro atoms. The molecule has 0 aromatic heterocycles. The van der Waals surface area contributed by atoms with Crippen LogP contribution in [0.4, 0.5) is 5.69 Å². The van der Waals surface area contributed by atoms with Crippen LogP contribution in [0.5, 0.6) is 5.75 Å².